The number of aromatic nitrogens is 4. The molecule has 1 saturated heterocycles. The van der Waals surface area contributed by atoms with Gasteiger partial charge in [0.2, 0.25) is 5.95 Å². The molecule has 1 fully saturated rings. The van der Waals surface area contributed by atoms with E-state index in [1.54, 1.807) is 13.3 Å². The van der Waals surface area contributed by atoms with Crippen molar-refractivity contribution in [3.05, 3.63) is 60.9 Å². The summed E-state index contributed by atoms with van der Waals surface area (Å²) in [7, 11) is 1.68. The maximum absolute atomic E-state index is 5.22. The van der Waals surface area contributed by atoms with Crippen LogP contribution in [0.1, 0.15) is 6.42 Å². The molecule has 4 aromatic rings. The number of nitrogens with one attached hydrogen (secondary N) is 3. The van der Waals surface area contributed by atoms with Crippen LogP contribution in [0.5, 0.6) is 5.75 Å². The maximum atomic E-state index is 5.22. The van der Waals surface area contributed by atoms with Crippen LogP contribution in [-0.4, -0.2) is 46.4 Å². The van der Waals surface area contributed by atoms with Gasteiger partial charge in [-0.1, -0.05) is 0 Å². The molecule has 8 heteroatoms. The molecular formula is C22H23N7O. The lowest BCUT2D eigenvalue weighted by Gasteiger charge is -2.18. The average molecular weight is 401 g/mol. The third-order valence-corrected chi connectivity index (χ3v) is 5.29. The Bertz CT molecular complexity index is 1140. The van der Waals surface area contributed by atoms with E-state index in [2.05, 4.69) is 30.7 Å². The number of fused-ring (bicyclic) bond motifs is 1. The van der Waals surface area contributed by atoms with E-state index in [0.717, 1.165) is 59.3 Å². The highest BCUT2D eigenvalue weighted by Crippen LogP contribution is 2.24. The summed E-state index contributed by atoms with van der Waals surface area (Å²) in [5.74, 6) is 2.37. The number of anilines is 4. The van der Waals surface area contributed by atoms with Crippen LogP contribution in [-0.2, 0) is 0 Å². The molecule has 2 aromatic carbocycles. The van der Waals surface area contributed by atoms with Gasteiger partial charge in [0.25, 0.3) is 0 Å². The van der Waals surface area contributed by atoms with Gasteiger partial charge in [0.15, 0.2) is 0 Å². The minimum atomic E-state index is 0.349. The molecule has 0 saturated carbocycles. The molecule has 2 aromatic heterocycles. The Hall–Kier alpha value is -3.81. The molecule has 30 heavy (non-hydrogen) atoms. The number of benzene rings is 2. The number of H-pyrrole nitrogens is 1. The zero-order valence-electron chi connectivity index (χ0n) is 16.7. The van der Waals surface area contributed by atoms with Crippen molar-refractivity contribution in [1.82, 2.24) is 20.2 Å². The quantitative estimate of drug-likeness (QED) is 0.453. The van der Waals surface area contributed by atoms with Gasteiger partial charge in [0.1, 0.15) is 11.6 Å². The molecule has 3 heterocycles. The first-order valence-electron chi connectivity index (χ1n) is 9.95. The first-order valence-corrected chi connectivity index (χ1v) is 9.95. The van der Waals surface area contributed by atoms with Gasteiger partial charge in [-0.15, -0.1) is 0 Å². The molecule has 0 amide bonds. The van der Waals surface area contributed by atoms with E-state index in [1.165, 1.54) is 0 Å². The largest absolute Gasteiger partial charge is 0.497 e. The fourth-order valence-electron chi connectivity index (χ4n) is 3.72. The molecule has 0 bridgehead atoms. The maximum Gasteiger partial charge on any atom is 0.227 e. The number of methoxy groups -OCH3 is 1. The van der Waals surface area contributed by atoms with Crippen molar-refractivity contribution in [2.45, 2.75) is 12.5 Å². The van der Waals surface area contributed by atoms with Gasteiger partial charge in [-0.25, -0.2) is 4.98 Å². The molecule has 0 spiro atoms. The highest BCUT2D eigenvalue weighted by molar-refractivity contribution is 5.82. The van der Waals surface area contributed by atoms with E-state index in [-0.39, 0.29) is 0 Å². The summed E-state index contributed by atoms with van der Waals surface area (Å²) in [6, 6.07) is 16.3. The van der Waals surface area contributed by atoms with Crippen LogP contribution in [0.15, 0.2) is 60.9 Å². The number of ether oxygens (including phenoxy) is 1. The second kappa shape index (κ2) is 7.90. The standard InChI is InChI=1S/C22H23N7O/c1-30-19-5-2-16(3-6-19)25-18-9-11-29(14-18)22-23-10-8-21(27-22)26-17-4-7-20-15(12-17)13-24-28-20/h2-8,10,12-13,18,25H,9,11,14H2,1H3,(H,24,28)(H,23,26,27). The number of aromatic amines is 1. The van der Waals surface area contributed by atoms with Gasteiger partial charge < -0.3 is 20.3 Å². The number of nitrogens with zero attached hydrogens (tertiary/aromatic N) is 4. The molecule has 8 nitrogen and oxygen atoms in total. The Morgan fingerprint density at radius 1 is 1.10 bits per heavy atom. The van der Waals surface area contributed by atoms with Crippen LogP contribution in [0.3, 0.4) is 0 Å². The van der Waals surface area contributed by atoms with E-state index in [0.29, 0.717) is 6.04 Å². The first-order chi connectivity index (χ1) is 14.8. The Kier molecular flexibility index (Phi) is 4.80. The molecule has 152 valence electrons. The van der Waals surface area contributed by atoms with Crippen LogP contribution in [0, 0.1) is 0 Å². The normalized spacial score (nSPS) is 16.0. The number of rotatable bonds is 6. The molecule has 1 atom stereocenters. The van der Waals surface area contributed by atoms with E-state index < -0.39 is 0 Å². The van der Waals surface area contributed by atoms with Gasteiger partial charge in [0.05, 0.1) is 18.8 Å². The average Bonchev–Trinajstić information content (AvgIpc) is 3.44. The summed E-state index contributed by atoms with van der Waals surface area (Å²) in [5.41, 5.74) is 3.07. The van der Waals surface area contributed by atoms with Crippen molar-refractivity contribution >= 4 is 34.0 Å². The zero-order chi connectivity index (χ0) is 20.3. The van der Waals surface area contributed by atoms with E-state index in [1.807, 2.05) is 54.7 Å². The van der Waals surface area contributed by atoms with Crippen LogP contribution < -0.4 is 20.3 Å². The SMILES string of the molecule is COc1ccc(NC2CCN(c3nccc(Nc4ccc5[nH]ncc5c4)n3)C2)cc1. The Balaban J connectivity index is 1.24. The van der Waals surface area contributed by atoms with Crippen molar-refractivity contribution in [2.75, 3.05) is 35.7 Å². The van der Waals surface area contributed by atoms with Crippen molar-refractivity contribution in [3.63, 3.8) is 0 Å². The lowest BCUT2D eigenvalue weighted by molar-refractivity contribution is 0.415. The first kappa shape index (κ1) is 18.2. The third kappa shape index (κ3) is 3.84. The Morgan fingerprint density at radius 2 is 1.97 bits per heavy atom. The lowest BCUT2D eigenvalue weighted by atomic mass is 10.2. The van der Waals surface area contributed by atoms with Crippen molar-refractivity contribution < 1.29 is 4.74 Å². The molecule has 0 radical (unpaired) electrons. The highest BCUT2D eigenvalue weighted by Gasteiger charge is 2.24. The molecule has 5 rings (SSSR count). The molecular weight excluding hydrogens is 378 g/mol. The second-order valence-corrected chi connectivity index (χ2v) is 7.34. The van der Waals surface area contributed by atoms with Crippen LogP contribution in [0.4, 0.5) is 23.1 Å². The third-order valence-electron chi connectivity index (χ3n) is 5.29. The summed E-state index contributed by atoms with van der Waals surface area (Å²) in [5, 5.41) is 15.0. The Morgan fingerprint density at radius 3 is 2.83 bits per heavy atom. The van der Waals surface area contributed by atoms with Crippen molar-refractivity contribution in [2.24, 2.45) is 0 Å². The highest BCUT2D eigenvalue weighted by atomic mass is 16.5. The zero-order valence-corrected chi connectivity index (χ0v) is 16.7. The summed E-state index contributed by atoms with van der Waals surface area (Å²) in [6.45, 7) is 1.77. The van der Waals surface area contributed by atoms with Gasteiger partial charge in [-0.2, -0.15) is 10.1 Å². The number of hydrogen-bond donors (Lipinski definition) is 3. The van der Waals surface area contributed by atoms with Gasteiger partial charge >= 0.3 is 0 Å². The summed E-state index contributed by atoms with van der Waals surface area (Å²) >= 11 is 0. The predicted octanol–water partition coefficient (Wildman–Crippen LogP) is 3.80. The topological polar surface area (TPSA) is 91.0 Å². The van der Waals surface area contributed by atoms with Crippen LogP contribution in [0.2, 0.25) is 0 Å². The minimum Gasteiger partial charge on any atom is -0.497 e. The predicted molar refractivity (Wildman–Crippen MR) is 119 cm³/mol. The Labute approximate surface area is 174 Å². The molecule has 3 N–H and O–H groups in total. The second-order valence-electron chi connectivity index (χ2n) is 7.34. The van der Waals surface area contributed by atoms with Crippen LogP contribution >= 0.6 is 0 Å². The summed E-state index contributed by atoms with van der Waals surface area (Å²) < 4.78 is 5.22. The fourth-order valence-corrected chi connectivity index (χ4v) is 3.72. The lowest BCUT2D eigenvalue weighted by Crippen LogP contribution is -2.27. The van der Waals surface area contributed by atoms with Gasteiger partial charge in [-0.3, -0.25) is 5.10 Å². The summed E-state index contributed by atoms with van der Waals surface area (Å²) in [6.07, 6.45) is 4.64. The molecule has 1 aliphatic heterocycles. The van der Waals surface area contributed by atoms with Crippen molar-refractivity contribution in [3.8, 4) is 5.75 Å². The smallest absolute Gasteiger partial charge is 0.227 e. The van der Waals surface area contributed by atoms with Gasteiger partial charge in [-0.05, 0) is 55.0 Å². The minimum absolute atomic E-state index is 0.349. The fraction of sp³-hybridized carbons (Fsp3) is 0.227. The van der Waals surface area contributed by atoms with Crippen LogP contribution in [0.25, 0.3) is 10.9 Å². The number of hydrogen-bond acceptors (Lipinski definition) is 7. The van der Waals surface area contributed by atoms with Gasteiger partial charge in [0, 0.05) is 42.1 Å². The monoisotopic (exact) mass is 401 g/mol. The van der Waals surface area contributed by atoms with E-state index >= 15 is 0 Å². The molecule has 1 aliphatic rings. The summed E-state index contributed by atoms with van der Waals surface area (Å²) in [4.78, 5) is 11.4. The molecule has 0 aliphatic carbocycles. The van der Waals surface area contributed by atoms with E-state index in [4.69, 9.17) is 9.72 Å². The molecule has 1 unspecified atom stereocenters. The van der Waals surface area contributed by atoms with E-state index in [9.17, 15) is 0 Å². The van der Waals surface area contributed by atoms with Crippen molar-refractivity contribution in [1.29, 1.82) is 0 Å².